The summed E-state index contributed by atoms with van der Waals surface area (Å²) in [6.45, 7) is 3.70. The van der Waals surface area contributed by atoms with Gasteiger partial charge in [0.1, 0.15) is 5.75 Å². The topological polar surface area (TPSA) is 136 Å². The molecule has 33 heavy (non-hydrogen) atoms. The zero-order valence-corrected chi connectivity index (χ0v) is 19.2. The Labute approximate surface area is 194 Å². The van der Waals surface area contributed by atoms with E-state index in [-0.39, 0.29) is 11.8 Å². The first-order chi connectivity index (χ1) is 15.8. The van der Waals surface area contributed by atoms with Gasteiger partial charge in [-0.3, -0.25) is 19.4 Å². The van der Waals surface area contributed by atoms with Crippen molar-refractivity contribution in [2.75, 3.05) is 12.9 Å². The van der Waals surface area contributed by atoms with Crippen molar-refractivity contribution in [1.29, 1.82) is 0 Å². The van der Waals surface area contributed by atoms with Crippen molar-refractivity contribution in [3.05, 3.63) is 30.9 Å². The third kappa shape index (κ3) is 6.54. The molecule has 176 valence electrons. The van der Waals surface area contributed by atoms with Gasteiger partial charge in [0.2, 0.25) is 0 Å². The van der Waals surface area contributed by atoms with Crippen molar-refractivity contribution < 1.29 is 38.1 Å². The van der Waals surface area contributed by atoms with Crippen LogP contribution in [0.1, 0.15) is 20.8 Å². The summed E-state index contributed by atoms with van der Waals surface area (Å²) in [5.41, 5.74) is 0.623. The van der Waals surface area contributed by atoms with Gasteiger partial charge in [0, 0.05) is 56.2 Å². The molecule has 0 amide bonds. The van der Waals surface area contributed by atoms with Crippen LogP contribution in [0, 0.1) is 0 Å². The third-order valence-electron chi connectivity index (χ3n) is 4.41. The Balaban J connectivity index is 1.85. The van der Waals surface area contributed by atoms with Gasteiger partial charge in [-0.05, 0) is 6.07 Å². The van der Waals surface area contributed by atoms with Crippen LogP contribution in [0.3, 0.4) is 0 Å². The maximum Gasteiger partial charge on any atom is 0.316 e. The molecular weight excluding hydrogens is 454 g/mol. The molecular formula is C21H23N3O8S. The highest BCUT2D eigenvalue weighted by Crippen LogP contribution is 2.35. The monoisotopic (exact) mass is 477 g/mol. The maximum atomic E-state index is 11.8. The number of thioether (sulfide) groups is 1. The molecule has 0 unspecified atom stereocenters. The van der Waals surface area contributed by atoms with E-state index >= 15 is 0 Å². The van der Waals surface area contributed by atoms with Crippen molar-refractivity contribution in [3.63, 3.8) is 0 Å². The first-order valence-corrected chi connectivity index (χ1v) is 10.9. The van der Waals surface area contributed by atoms with Crippen LogP contribution in [0.4, 0.5) is 0 Å². The third-order valence-corrected chi connectivity index (χ3v) is 5.63. The van der Waals surface area contributed by atoms with Crippen LogP contribution in [0.5, 0.6) is 11.8 Å². The van der Waals surface area contributed by atoms with Gasteiger partial charge < -0.3 is 23.7 Å². The Kier molecular flexibility index (Phi) is 8.04. The minimum atomic E-state index is -1.03. The van der Waals surface area contributed by atoms with Gasteiger partial charge in [-0.2, -0.15) is 0 Å². The second-order valence-electron chi connectivity index (χ2n) is 6.98. The van der Waals surface area contributed by atoms with E-state index in [0.717, 1.165) is 0 Å². The van der Waals surface area contributed by atoms with Gasteiger partial charge in [-0.15, -0.1) is 11.8 Å². The molecule has 3 heterocycles. The Morgan fingerprint density at radius 2 is 1.52 bits per heavy atom. The average Bonchev–Trinajstić information content (AvgIpc) is 2.77. The molecule has 0 spiro atoms. The summed E-state index contributed by atoms with van der Waals surface area (Å²) in [7, 11) is 1.47. The minimum absolute atomic E-state index is 0.237. The second kappa shape index (κ2) is 10.9. The van der Waals surface area contributed by atoms with Gasteiger partial charge in [-0.1, -0.05) is 0 Å². The van der Waals surface area contributed by atoms with Gasteiger partial charge in [0.15, 0.2) is 23.7 Å². The number of nitrogens with zero attached hydrogens (tertiary/aromatic N) is 3. The largest absolute Gasteiger partial charge is 0.474 e. The summed E-state index contributed by atoms with van der Waals surface area (Å²) >= 11 is 1.26. The average molecular weight is 477 g/mol. The SMILES string of the molecule is COc1ncc(-c2cncc(O[C@H]3SC[C@@H](OC(C)=O)[C@H](OC(C)=O)[C@H]3OC(C)=O)c2)cn1. The molecule has 0 radical (unpaired) electrons. The van der Waals surface area contributed by atoms with Gasteiger partial charge in [0.25, 0.3) is 0 Å². The number of methoxy groups -OCH3 is 1. The number of hydrogen-bond acceptors (Lipinski definition) is 12. The smallest absolute Gasteiger partial charge is 0.316 e. The number of esters is 3. The molecule has 2 aromatic heterocycles. The van der Waals surface area contributed by atoms with Gasteiger partial charge >= 0.3 is 23.9 Å². The number of rotatable bonds is 7. The molecule has 4 atom stereocenters. The van der Waals surface area contributed by atoms with E-state index in [9.17, 15) is 14.4 Å². The molecule has 1 fully saturated rings. The van der Waals surface area contributed by atoms with Crippen molar-refractivity contribution >= 4 is 29.7 Å². The zero-order chi connectivity index (χ0) is 24.0. The molecule has 0 N–H and O–H groups in total. The van der Waals surface area contributed by atoms with Crippen LogP contribution in [0.25, 0.3) is 11.1 Å². The zero-order valence-electron chi connectivity index (χ0n) is 18.4. The minimum Gasteiger partial charge on any atom is -0.474 e. The van der Waals surface area contributed by atoms with Crippen LogP contribution in [-0.4, -0.2) is 69.5 Å². The predicted octanol–water partition coefficient (Wildman–Crippen LogP) is 1.79. The van der Waals surface area contributed by atoms with Crippen molar-refractivity contribution in [1.82, 2.24) is 15.0 Å². The van der Waals surface area contributed by atoms with Gasteiger partial charge in [-0.25, -0.2) is 9.97 Å². The predicted molar refractivity (Wildman–Crippen MR) is 115 cm³/mol. The number of carbonyl (C=O) groups is 3. The summed E-state index contributed by atoms with van der Waals surface area (Å²) in [4.78, 5) is 47.4. The lowest BCUT2D eigenvalue weighted by molar-refractivity contribution is -0.186. The Bertz CT molecular complexity index is 1000. The van der Waals surface area contributed by atoms with E-state index in [1.54, 1.807) is 24.7 Å². The van der Waals surface area contributed by atoms with Gasteiger partial charge in [0.05, 0.1) is 13.3 Å². The molecule has 3 rings (SSSR count). The quantitative estimate of drug-likeness (QED) is 0.425. The second-order valence-corrected chi connectivity index (χ2v) is 8.11. The summed E-state index contributed by atoms with van der Waals surface area (Å²) < 4.78 is 27.1. The number of ether oxygens (including phenoxy) is 5. The van der Waals surface area contributed by atoms with E-state index in [4.69, 9.17) is 23.7 Å². The molecule has 1 aliphatic rings. The Morgan fingerprint density at radius 1 is 0.879 bits per heavy atom. The maximum absolute atomic E-state index is 11.8. The van der Waals surface area contributed by atoms with E-state index in [1.807, 2.05) is 0 Å². The molecule has 12 heteroatoms. The normalized spacial score (nSPS) is 22.1. The molecule has 0 bridgehead atoms. The highest BCUT2D eigenvalue weighted by atomic mass is 32.2. The molecule has 1 saturated heterocycles. The first-order valence-electron chi connectivity index (χ1n) is 9.88. The molecule has 0 saturated carbocycles. The fraction of sp³-hybridized carbons (Fsp3) is 0.429. The summed E-state index contributed by atoms with van der Waals surface area (Å²) in [5, 5.41) is 0. The van der Waals surface area contributed by atoms with E-state index < -0.39 is 41.7 Å². The van der Waals surface area contributed by atoms with E-state index in [1.165, 1.54) is 45.8 Å². The highest BCUT2D eigenvalue weighted by Gasteiger charge is 2.47. The van der Waals surface area contributed by atoms with Crippen LogP contribution in [-0.2, 0) is 28.6 Å². The molecule has 11 nitrogen and oxygen atoms in total. The van der Waals surface area contributed by atoms with E-state index in [2.05, 4.69) is 15.0 Å². The first kappa shape index (κ1) is 24.2. The summed E-state index contributed by atoms with van der Waals surface area (Å²) in [6, 6.07) is 1.96. The van der Waals surface area contributed by atoms with Crippen molar-refractivity contribution in [2.45, 2.75) is 44.5 Å². The van der Waals surface area contributed by atoms with Crippen LogP contribution >= 0.6 is 11.8 Å². The number of pyridine rings is 1. The fourth-order valence-corrected chi connectivity index (χ4v) is 4.37. The Hall–Kier alpha value is -3.41. The van der Waals surface area contributed by atoms with Crippen molar-refractivity contribution in [3.8, 4) is 22.9 Å². The fourth-order valence-electron chi connectivity index (χ4n) is 3.16. The number of aromatic nitrogens is 3. The highest BCUT2D eigenvalue weighted by molar-refractivity contribution is 7.99. The number of carbonyl (C=O) groups excluding carboxylic acids is 3. The number of hydrogen-bond donors (Lipinski definition) is 0. The lowest BCUT2D eigenvalue weighted by atomic mass is 10.1. The van der Waals surface area contributed by atoms with E-state index in [0.29, 0.717) is 16.9 Å². The van der Waals surface area contributed by atoms with Crippen molar-refractivity contribution in [2.24, 2.45) is 0 Å². The summed E-state index contributed by atoms with van der Waals surface area (Å²) in [6.07, 6.45) is 3.43. The Morgan fingerprint density at radius 3 is 2.12 bits per heavy atom. The molecule has 1 aliphatic heterocycles. The van der Waals surface area contributed by atoms with Crippen LogP contribution in [0.2, 0.25) is 0 Å². The van der Waals surface area contributed by atoms with Crippen LogP contribution < -0.4 is 9.47 Å². The summed E-state index contributed by atoms with van der Waals surface area (Å²) in [5.74, 6) is -1.11. The lowest BCUT2D eigenvalue weighted by Crippen LogP contribution is -2.55. The molecule has 0 aliphatic carbocycles. The molecule has 0 aromatic carbocycles. The molecule has 2 aromatic rings. The standard InChI is InChI=1S/C21H23N3O8S/c1-11(25)29-17-10-33-20(19(31-13(3)27)18(17)30-12(2)26)32-16-5-14(6-22-9-16)15-7-23-21(28-4)24-8-15/h5-9,17-20H,10H2,1-4H3/t17-,18+,19-,20+/m1/s1. The van der Waals surface area contributed by atoms with Crippen LogP contribution in [0.15, 0.2) is 30.9 Å². The lowest BCUT2D eigenvalue weighted by Gasteiger charge is -2.39.